The fraction of sp³-hybridized carbons (Fsp3) is 0.480. The lowest BCUT2D eigenvalue weighted by molar-refractivity contribution is -0.119. The number of nitrogens with zero attached hydrogens (tertiary/aromatic N) is 2. The highest BCUT2D eigenvalue weighted by Gasteiger charge is 2.29. The molecule has 1 N–H and O–H groups in total. The van der Waals surface area contributed by atoms with Gasteiger partial charge in [-0.1, -0.05) is 37.3 Å². The van der Waals surface area contributed by atoms with E-state index in [0.717, 1.165) is 36.3 Å². The van der Waals surface area contributed by atoms with Crippen molar-refractivity contribution in [2.75, 3.05) is 43.6 Å². The van der Waals surface area contributed by atoms with Crippen LogP contribution in [0.3, 0.4) is 0 Å². The maximum atomic E-state index is 13.5. The molecule has 2 aromatic carbocycles. The zero-order chi connectivity index (χ0) is 23.7. The van der Waals surface area contributed by atoms with Crippen LogP contribution in [0.1, 0.15) is 33.1 Å². The summed E-state index contributed by atoms with van der Waals surface area (Å²) in [6.45, 7) is 7.85. The second-order valence-corrected chi connectivity index (χ2v) is 10.3. The van der Waals surface area contributed by atoms with Crippen molar-refractivity contribution in [3.8, 4) is 5.75 Å². The molecule has 0 saturated carbocycles. The number of carbonyl (C=O) groups excluding carboxylic acids is 1. The van der Waals surface area contributed by atoms with Crippen molar-refractivity contribution in [3.05, 3.63) is 54.6 Å². The van der Waals surface area contributed by atoms with E-state index in [-0.39, 0.29) is 17.3 Å². The van der Waals surface area contributed by atoms with E-state index in [2.05, 4.69) is 17.1 Å². The summed E-state index contributed by atoms with van der Waals surface area (Å²) in [5, 5.41) is 2.89. The van der Waals surface area contributed by atoms with E-state index in [1.807, 2.05) is 6.92 Å². The van der Waals surface area contributed by atoms with Crippen molar-refractivity contribution in [3.63, 3.8) is 0 Å². The smallest absolute Gasteiger partial charge is 0.264 e. The number of hydrogen-bond acceptors (Lipinski definition) is 5. The Kier molecular flexibility index (Phi) is 9.14. The average molecular weight is 474 g/mol. The third-order valence-electron chi connectivity index (χ3n) is 5.90. The molecule has 33 heavy (non-hydrogen) atoms. The Balaban J connectivity index is 1.69. The molecular weight excluding hydrogens is 438 g/mol. The molecule has 0 bridgehead atoms. The van der Waals surface area contributed by atoms with Crippen molar-refractivity contribution in [1.82, 2.24) is 10.2 Å². The van der Waals surface area contributed by atoms with Gasteiger partial charge in [-0.3, -0.25) is 9.10 Å². The number of likely N-dealkylation sites (tertiary alicyclic amines) is 1. The second-order valence-electron chi connectivity index (χ2n) is 8.45. The number of amides is 1. The van der Waals surface area contributed by atoms with E-state index >= 15 is 0 Å². The molecule has 1 aliphatic rings. The van der Waals surface area contributed by atoms with Crippen LogP contribution in [-0.4, -0.2) is 58.6 Å². The first kappa shape index (κ1) is 25.1. The van der Waals surface area contributed by atoms with Gasteiger partial charge in [-0.15, -0.1) is 0 Å². The Bertz CT molecular complexity index is 990. The Morgan fingerprint density at radius 3 is 2.45 bits per heavy atom. The Morgan fingerprint density at radius 2 is 1.76 bits per heavy atom. The van der Waals surface area contributed by atoms with Crippen molar-refractivity contribution >= 4 is 21.6 Å². The molecule has 1 fully saturated rings. The maximum absolute atomic E-state index is 13.5. The molecule has 0 unspecified atom stereocenters. The number of rotatable bonds is 11. The topological polar surface area (TPSA) is 79.0 Å². The lowest BCUT2D eigenvalue weighted by Gasteiger charge is -2.30. The van der Waals surface area contributed by atoms with Gasteiger partial charge in [0.2, 0.25) is 5.91 Å². The summed E-state index contributed by atoms with van der Waals surface area (Å²) in [6.07, 6.45) is 3.27. The van der Waals surface area contributed by atoms with Crippen LogP contribution in [0.5, 0.6) is 5.75 Å². The van der Waals surface area contributed by atoms with E-state index < -0.39 is 10.0 Å². The van der Waals surface area contributed by atoms with Gasteiger partial charge in [0.25, 0.3) is 10.0 Å². The largest absolute Gasteiger partial charge is 0.492 e. The third-order valence-corrected chi connectivity index (χ3v) is 7.68. The molecule has 0 spiro atoms. The Morgan fingerprint density at radius 1 is 1.09 bits per heavy atom. The van der Waals surface area contributed by atoms with Crippen molar-refractivity contribution in [1.29, 1.82) is 0 Å². The summed E-state index contributed by atoms with van der Waals surface area (Å²) in [5.74, 6) is 0.873. The van der Waals surface area contributed by atoms with Gasteiger partial charge in [-0.2, -0.15) is 0 Å². The van der Waals surface area contributed by atoms with Crippen LogP contribution < -0.4 is 14.4 Å². The fourth-order valence-corrected chi connectivity index (χ4v) is 5.42. The minimum Gasteiger partial charge on any atom is -0.492 e. The molecule has 1 saturated heterocycles. The highest BCUT2D eigenvalue weighted by atomic mass is 32.2. The molecule has 180 valence electrons. The maximum Gasteiger partial charge on any atom is 0.264 e. The van der Waals surface area contributed by atoms with E-state index in [9.17, 15) is 13.2 Å². The number of ether oxygens (including phenoxy) is 1. The molecule has 0 aliphatic carbocycles. The minimum atomic E-state index is -3.96. The van der Waals surface area contributed by atoms with Crippen LogP contribution in [-0.2, 0) is 14.8 Å². The normalized spacial score (nSPS) is 15.2. The second kappa shape index (κ2) is 12.0. The van der Waals surface area contributed by atoms with Gasteiger partial charge in [-0.25, -0.2) is 8.42 Å². The number of anilines is 1. The van der Waals surface area contributed by atoms with Gasteiger partial charge < -0.3 is 15.0 Å². The summed E-state index contributed by atoms with van der Waals surface area (Å²) in [4.78, 5) is 15.4. The van der Waals surface area contributed by atoms with Gasteiger partial charge in [-0.05, 0) is 76.0 Å². The van der Waals surface area contributed by atoms with Gasteiger partial charge in [0, 0.05) is 6.54 Å². The van der Waals surface area contributed by atoms with Crippen LogP contribution in [0, 0.1) is 5.92 Å². The third kappa shape index (κ3) is 6.95. The first-order chi connectivity index (χ1) is 15.9. The Hall–Kier alpha value is -2.58. The predicted octanol–water partition coefficient (Wildman–Crippen LogP) is 3.52. The molecular formula is C25H35N3O4S. The zero-order valence-corrected chi connectivity index (χ0v) is 20.4. The van der Waals surface area contributed by atoms with Crippen LogP contribution in [0.25, 0.3) is 0 Å². The number of nitrogens with one attached hydrogen (secondary N) is 1. The first-order valence-corrected chi connectivity index (χ1v) is 13.1. The molecule has 0 atom stereocenters. The lowest BCUT2D eigenvalue weighted by Crippen LogP contribution is -2.42. The molecule has 1 heterocycles. The molecule has 8 heteroatoms. The lowest BCUT2D eigenvalue weighted by atomic mass is 9.99. The molecule has 2 aromatic rings. The molecule has 0 radical (unpaired) electrons. The van der Waals surface area contributed by atoms with E-state index in [0.29, 0.717) is 24.6 Å². The molecule has 7 nitrogen and oxygen atoms in total. The number of hydrogen-bond donors (Lipinski definition) is 1. The van der Waals surface area contributed by atoms with Crippen LogP contribution >= 0.6 is 0 Å². The summed E-state index contributed by atoms with van der Waals surface area (Å²) in [6, 6.07) is 15.0. The number of piperidine rings is 1. The fourth-order valence-electron chi connectivity index (χ4n) is 3.96. The van der Waals surface area contributed by atoms with E-state index in [4.69, 9.17) is 4.74 Å². The van der Waals surface area contributed by atoms with Crippen LogP contribution in [0.4, 0.5) is 5.69 Å². The molecule has 0 aromatic heterocycles. The van der Waals surface area contributed by atoms with Gasteiger partial charge in [0.15, 0.2) is 0 Å². The average Bonchev–Trinajstić information content (AvgIpc) is 2.83. The van der Waals surface area contributed by atoms with Crippen molar-refractivity contribution in [2.24, 2.45) is 5.92 Å². The summed E-state index contributed by atoms with van der Waals surface area (Å²) < 4.78 is 33.7. The van der Waals surface area contributed by atoms with Gasteiger partial charge >= 0.3 is 0 Å². The summed E-state index contributed by atoms with van der Waals surface area (Å²) in [7, 11) is -3.96. The molecule has 1 amide bonds. The molecule has 3 rings (SSSR count). The first-order valence-electron chi connectivity index (χ1n) is 11.7. The summed E-state index contributed by atoms with van der Waals surface area (Å²) in [5.41, 5.74) is 0.348. The summed E-state index contributed by atoms with van der Waals surface area (Å²) >= 11 is 0. The number of sulfonamides is 1. The Labute approximate surface area is 197 Å². The standard InChI is InChI=1S/C25H35N3O4S/c1-3-32-24-13-8-7-12-23(24)28(33(30,31)22-10-5-4-6-11-22)20-25(29)26-16-9-17-27-18-14-21(2)15-19-27/h4-8,10-13,21H,3,9,14-20H2,1-2H3,(H,26,29). The number of carbonyl (C=O) groups is 1. The van der Waals surface area contributed by atoms with E-state index in [1.54, 1.807) is 42.5 Å². The zero-order valence-electron chi connectivity index (χ0n) is 19.6. The van der Waals surface area contributed by atoms with E-state index in [1.165, 1.54) is 25.0 Å². The van der Waals surface area contributed by atoms with Gasteiger partial charge in [0.1, 0.15) is 12.3 Å². The van der Waals surface area contributed by atoms with Crippen molar-refractivity contribution in [2.45, 2.75) is 38.0 Å². The van der Waals surface area contributed by atoms with Crippen molar-refractivity contribution < 1.29 is 17.9 Å². The van der Waals surface area contributed by atoms with Gasteiger partial charge in [0.05, 0.1) is 17.2 Å². The monoisotopic (exact) mass is 473 g/mol. The number of para-hydroxylation sites is 2. The SMILES string of the molecule is CCOc1ccccc1N(CC(=O)NCCCN1CCC(C)CC1)S(=O)(=O)c1ccccc1. The van der Waals surface area contributed by atoms with Crippen LogP contribution in [0.2, 0.25) is 0 Å². The predicted molar refractivity (Wildman–Crippen MR) is 131 cm³/mol. The highest BCUT2D eigenvalue weighted by molar-refractivity contribution is 7.92. The van der Waals surface area contributed by atoms with Crippen LogP contribution in [0.15, 0.2) is 59.5 Å². The highest BCUT2D eigenvalue weighted by Crippen LogP contribution is 2.32. The number of benzene rings is 2. The minimum absolute atomic E-state index is 0.128. The molecule has 1 aliphatic heterocycles. The quantitative estimate of drug-likeness (QED) is 0.505.